The topological polar surface area (TPSA) is 113 Å². The van der Waals surface area contributed by atoms with Gasteiger partial charge in [-0.3, -0.25) is 9.10 Å². The van der Waals surface area contributed by atoms with E-state index in [1.165, 1.54) is 37.4 Å². The number of amides is 1. The second-order valence-corrected chi connectivity index (χ2v) is 9.17. The maximum Gasteiger partial charge on any atom is 0.335 e. The summed E-state index contributed by atoms with van der Waals surface area (Å²) in [5, 5.41) is 11.8. The van der Waals surface area contributed by atoms with Gasteiger partial charge in [-0.2, -0.15) is 0 Å². The Labute approximate surface area is 192 Å². The van der Waals surface area contributed by atoms with Crippen molar-refractivity contribution in [2.45, 2.75) is 18.4 Å². The van der Waals surface area contributed by atoms with Crippen LogP contribution in [0.4, 0.5) is 5.69 Å². The number of aryl methyl sites for hydroxylation is 1. The molecule has 33 heavy (non-hydrogen) atoms. The Kier molecular flexibility index (Phi) is 7.34. The van der Waals surface area contributed by atoms with Crippen LogP contribution < -0.4 is 14.4 Å². The molecule has 0 bridgehead atoms. The number of nitrogens with one attached hydrogen (secondary N) is 1. The first kappa shape index (κ1) is 23.8. The van der Waals surface area contributed by atoms with Crippen LogP contribution in [-0.4, -0.2) is 39.1 Å². The average molecular weight is 469 g/mol. The molecular formula is C24H24N2O6S. The number of ether oxygens (including phenoxy) is 1. The Balaban J connectivity index is 1.86. The molecule has 3 aromatic rings. The van der Waals surface area contributed by atoms with Gasteiger partial charge < -0.3 is 15.2 Å². The van der Waals surface area contributed by atoms with Crippen LogP contribution in [0.15, 0.2) is 77.7 Å². The summed E-state index contributed by atoms with van der Waals surface area (Å²) in [6, 6.07) is 18.9. The molecule has 0 aromatic heterocycles. The highest BCUT2D eigenvalue weighted by atomic mass is 32.2. The number of carbonyl (C=O) groups excluding carboxylic acids is 1. The van der Waals surface area contributed by atoms with Gasteiger partial charge in [0, 0.05) is 12.6 Å². The van der Waals surface area contributed by atoms with Crippen LogP contribution in [0.25, 0.3) is 0 Å². The quantitative estimate of drug-likeness (QED) is 0.499. The third kappa shape index (κ3) is 5.89. The fourth-order valence-electron chi connectivity index (χ4n) is 3.12. The third-order valence-electron chi connectivity index (χ3n) is 4.90. The van der Waals surface area contributed by atoms with Crippen LogP contribution in [0.2, 0.25) is 0 Å². The number of nitrogens with zero attached hydrogens (tertiary/aromatic N) is 1. The summed E-state index contributed by atoms with van der Waals surface area (Å²) in [4.78, 5) is 23.9. The number of carboxylic acids is 1. The highest BCUT2D eigenvalue weighted by Crippen LogP contribution is 2.27. The lowest BCUT2D eigenvalue weighted by molar-refractivity contribution is -0.119. The van der Waals surface area contributed by atoms with Crippen molar-refractivity contribution >= 4 is 27.6 Å². The Morgan fingerprint density at radius 3 is 2.36 bits per heavy atom. The van der Waals surface area contributed by atoms with Gasteiger partial charge in [0.25, 0.3) is 10.0 Å². The van der Waals surface area contributed by atoms with E-state index in [0.29, 0.717) is 11.3 Å². The number of anilines is 1. The maximum absolute atomic E-state index is 13.4. The first-order chi connectivity index (χ1) is 15.7. The van der Waals surface area contributed by atoms with Crippen LogP contribution >= 0.6 is 0 Å². The second-order valence-electron chi connectivity index (χ2n) is 7.31. The Bertz CT molecular complexity index is 1260. The average Bonchev–Trinajstić information content (AvgIpc) is 2.81. The zero-order chi connectivity index (χ0) is 24.0. The van der Waals surface area contributed by atoms with E-state index in [-0.39, 0.29) is 22.7 Å². The van der Waals surface area contributed by atoms with Crippen molar-refractivity contribution in [3.63, 3.8) is 0 Å². The van der Waals surface area contributed by atoms with Crippen molar-refractivity contribution in [3.8, 4) is 5.75 Å². The van der Waals surface area contributed by atoms with E-state index in [1.807, 2.05) is 6.92 Å². The van der Waals surface area contributed by atoms with Crippen molar-refractivity contribution in [3.05, 3.63) is 89.5 Å². The zero-order valence-corrected chi connectivity index (χ0v) is 19.0. The summed E-state index contributed by atoms with van der Waals surface area (Å²) in [6.07, 6.45) is 0. The number of methoxy groups -OCH3 is 1. The van der Waals surface area contributed by atoms with Crippen LogP contribution in [0.3, 0.4) is 0 Å². The Morgan fingerprint density at radius 2 is 1.70 bits per heavy atom. The summed E-state index contributed by atoms with van der Waals surface area (Å²) < 4.78 is 33.1. The lowest BCUT2D eigenvalue weighted by atomic mass is 10.1. The van der Waals surface area contributed by atoms with Crippen LogP contribution in [0, 0.1) is 6.92 Å². The third-order valence-corrected chi connectivity index (χ3v) is 6.69. The van der Waals surface area contributed by atoms with Gasteiger partial charge in [-0.1, -0.05) is 35.9 Å². The van der Waals surface area contributed by atoms with Gasteiger partial charge in [0.2, 0.25) is 5.91 Å². The molecule has 0 unspecified atom stereocenters. The molecule has 0 aliphatic heterocycles. The molecule has 0 atom stereocenters. The minimum Gasteiger partial charge on any atom is -0.497 e. The number of carboxylic acid groups (broad SMARTS) is 1. The molecule has 2 N–H and O–H groups in total. The molecule has 172 valence electrons. The number of carbonyl (C=O) groups is 2. The molecule has 0 saturated carbocycles. The minimum absolute atomic E-state index is 0.0521. The molecule has 1 amide bonds. The van der Waals surface area contributed by atoms with E-state index in [9.17, 15) is 18.0 Å². The monoisotopic (exact) mass is 468 g/mol. The van der Waals surface area contributed by atoms with E-state index in [1.54, 1.807) is 42.5 Å². The summed E-state index contributed by atoms with van der Waals surface area (Å²) >= 11 is 0. The molecule has 3 rings (SSSR count). The summed E-state index contributed by atoms with van der Waals surface area (Å²) in [7, 11) is -2.58. The van der Waals surface area contributed by atoms with Gasteiger partial charge in [0.15, 0.2) is 0 Å². The molecular weight excluding hydrogens is 444 g/mol. The Hall–Kier alpha value is -3.85. The normalized spacial score (nSPS) is 11.0. The number of aromatic carboxylic acids is 1. The van der Waals surface area contributed by atoms with E-state index in [2.05, 4.69) is 5.32 Å². The first-order valence-electron chi connectivity index (χ1n) is 10.0. The van der Waals surface area contributed by atoms with Gasteiger partial charge in [-0.05, 0) is 48.9 Å². The number of hydrogen-bond acceptors (Lipinski definition) is 5. The largest absolute Gasteiger partial charge is 0.497 e. The molecule has 0 fully saturated rings. The highest BCUT2D eigenvalue weighted by molar-refractivity contribution is 7.92. The predicted molar refractivity (Wildman–Crippen MR) is 124 cm³/mol. The second kappa shape index (κ2) is 10.2. The summed E-state index contributed by atoms with van der Waals surface area (Å²) in [6.45, 7) is 1.43. The van der Waals surface area contributed by atoms with Crippen LogP contribution in [0.5, 0.6) is 5.75 Å². The van der Waals surface area contributed by atoms with E-state index >= 15 is 0 Å². The van der Waals surface area contributed by atoms with Crippen LogP contribution in [-0.2, 0) is 21.4 Å². The summed E-state index contributed by atoms with van der Waals surface area (Å²) in [5.41, 5.74) is 1.86. The van der Waals surface area contributed by atoms with E-state index in [4.69, 9.17) is 9.84 Å². The van der Waals surface area contributed by atoms with Crippen molar-refractivity contribution in [1.82, 2.24) is 5.32 Å². The lowest BCUT2D eigenvalue weighted by Gasteiger charge is -2.24. The van der Waals surface area contributed by atoms with Gasteiger partial charge in [-0.25, -0.2) is 13.2 Å². The van der Waals surface area contributed by atoms with Gasteiger partial charge >= 0.3 is 5.97 Å². The standard InChI is InChI=1S/C24H24N2O6S/c1-17-9-11-22(12-10-17)33(30,31)26(20-7-4-8-21(14-20)32-2)16-23(27)25-15-18-5-3-6-19(13-18)24(28)29/h3-14H,15-16H2,1-2H3,(H,25,27)(H,28,29). The fourth-order valence-corrected chi connectivity index (χ4v) is 4.53. The molecule has 3 aromatic carbocycles. The summed E-state index contributed by atoms with van der Waals surface area (Å²) in [5.74, 6) is -1.17. The molecule has 0 aliphatic carbocycles. The number of sulfonamides is 1. The minimum atomic E-state index is -4.05. The molecule has 9 heteroatoms. The zero-order valence-electron chi connectivity index (χ0n) is 18.2. The van der Waals surface area contributed by atoms with Gasteiger partial charge in [0.05, 0.1) is 23.3 Å². The highest BCUT2D eigenvalue weighted by Gasteiger charge is 2.27. The molecule has 0 spiro atoms. The lowest BCUT2D eigenvalue weighted by Crippen LogP contribution is -2.40. The first-order valence-corrected chi connectivity index (χ1v) is 11.5. The van der Waals surface area contributed by atoms with Gasteiger partial charge in [-0.15, -0.1) is 0 Å². The van der Waals surface area contributed by atoms with Crippen molar-refractivity contribution in [2.75, 3.05) is 18.0 Å². The molecule has 0 heterocycles. The molecule has 8 nitrogen and oxygen atoms in total. The molecule has 0 saturated heterocycles. The van der Waals surface area contributed by atoms with E-state index < -0.39 is 28.4 Å². The number of hydrogen-bond donors (Lipinski definition) is 2. The van der Waals surface area contributed by atoms with Crippen molar-refractivity contribution in [1.29, 1.82) is 0 Å². The van der Waals surface area contributed by atoms with Crippen molar-refractivity contribution < 1.29 is 27.9 Å². The molecule has 0 aliphatic rings. The number of rotatable bonds is 9. The maximum atomic E-state index is 13.4. The smallest absolute Gasteiger partial charge is 0.335 e. The Morgan fingerprint density at radius 1 is 1.00 bits per heavy atom. The molecule has 0 radical (unpaired) electrons. The van der Waals surface area contributed by atoms with E-state index in [0.717, 1.165) is 9.87 Å². The van der Waals surface area contributed by atoms with Gasteiger partial charge in [0.1, 0.15) is 12.3 Å². The predicted octanol–water partition coefficient (Wildman–Crippen LogP) is 3.21. The fraction of sp³-hybridized carbons (Fsp3) is 0.167. The number of benzene rings is 3. The van der Waals surface area contributed by atoms with Crippen LogP contribution in [0.1, 0.15) is 21.5 Å². The van der Waals surface area contributed by atoms with Crippen molar-refractivity contribution in [2.24, 2.45) is 0 Å². The SMILES string of the molecule is COc1cccc(N(CC(=O)NCc2cccc(C(=O)O)c2)S(=O)(=O)c2ccc(C)cc2)c1.